The molecule has 0 aliphatic heterocycles. The van der Waals surface area contributed by atoms with Crippen molar-refractivity contribution >= 4 is 37.7 Å². The maximum Gasteiger partial charge on any atom is 0.143 e. The second kappa shape index (κ2) is 6.16. The van der Waals surface area contributed by atoms with Crippen LogP contribution in [0.2, 0.25) is 0 Å². The number of pyridine rings is 1. The van der Waals surface area contributed by atoms with Crippen molar-refractivity contribution in [2.45, 2.75) is 31.7 Å². The minimum atomic E-state index is 0.233. The number of rotatable bonds is 5. The average molecular weight is 364 g/mol. The lowest BCUT2D eigenvalue weighted by Crippen LogP contribution is -2.41. The van der Waals surface area contributed by atoms with Crippen LogP contribution in [0.1, 0.15) is 25.7 Å². The summed E-state index contributed by atoms with van der Waals surface area (Å²) >= 11 is 6.98. The molecule has 0 bridgehead atoms. The summed E-state index contributed by atoms with van der Waals surface area (Å²) in [6, 6.07) is 2.61. The molecule has 0 unspecified atom stereocenters. The number of anilines is 1. The van der Waals surface area contributed by atoms with Gasteiger partial charge in [0.1, 0.15) is 5.82 Å². The van der Waals surface area contributed by atoms with Gasteiger partial charge in [0.25, 0.3) is 0 Å². The summed E-state index contributed by atoms with van der Waals surface area (Å²) in [5, 5.41) is 8.98. The Morgan fingerprint density at radius 2 is 2.18 bits per heavy atom. The van der Waals surface area contributed by atoms with Gasteiger partial charge in [-0.15, -0.1) is 0 Å². The first kappa shape index (κ1) is 13.3. The van der Waals surface area contributed by atoms with Crippen LogP contribution in [0.25, 0.3) is 0 Å². The van der Waals surface area contributed by atoms with Crippen molar-refractivity contribution in [1.29, 1.82) is 0 Å². The lowest BCUT2D eigenvalue weighted by Gasteiger charge is -2.38. The van der Waals surface area contributed by atoms with Crippen molar-refractivity contribution in [3.8, 4) is 0 Å². The maximum absolute atomic E-state index is 8.98. The molecule has 5 heteroatoms. The highest BCUT2D eigenvalue weighted by Gasteiger charge is 2.26. The first-order valence-corrected chi connectivity index (χ1v) is 7.49. The second-order valence-corrected chi connectivity index (χ2v) is 6.08. The van der Waals surface area contributed by atoms with Crippen LogP contribution < -0.4 is 4.90 Å². The van der Waals surface area contributed by atoms with Crippen LogP contribution in [0.4, 0.5) is 5.82 Å². The summed E-state index contributed by atoms with van der Waals surface area (Å²) in [5.74, 6) is 0.992. The number of halogens is 2. The quantitative estimate of drug-likeness (QED) is 0.871. The van der Waals surface area contributed by atoms with Crippen molar-refractivity contribution in [3.63, 3.8) is 0 Å². The molecule has 0 atom stereocenters. The first-order chi connectivity index (χ1) is 8.22. The Balaban J connectivity index is 2.17. The molecule has 1 heterocycles. The number of aliphatic hydroxyl groups excluding tert-OH is 1. The molecule has 0 aromatic carbocycles. The number of aromatic nitrogens is 1. The van der Waals surface area contributed by atoms with E-state index in [2.05, 4.69) is 41.7 Å². The molecule has 1 fully saturated rings. The summed E-state index contributed by atoms with van der Waals surface area (Å²) in [4.78, 5) is 6.80. The third-order valence-corrected chi connectivity index (χ3v) is 4.15. The smallest absolute Gasteiger partial charge is 0.143 e. The topological polar surface area (TPSA) is 36.4 Å². The largest absolute Gasteiger partial charge is 0.396 e. The lowest BCUT2D eigenvalue weighted by atomic mass is 9.91. The van der Waals surface area contributed by atoms with Crippen molar-refractivity contribution in [2.75, 3.05) is 18.1 Å². The van der Waals surface area contributed by atoms with Gasteiger partial charge in [-0.3, -0.25) is 0 Å². The van der Waals surface area contributed by atoms with Crippen LogP contribution >= 0.6 is 31.9 Å². The Morgan fingerprint density at radius 3 is 2.71 bits per heavy atom. The van der Waals surface area contributed by atoms with E-state index in [1.54, 1.807) is 0 Å². The Bertz CT molecular complexity index is 383. The van der Waals surface area contributed by atoms with E-state index in [-0.39, 0.29) is 6.61 Å². The fourth-order valence-corrected chi connectivity index (χ4v) is 3.23. The monoisotopic (exact) mass is 362 g/mol. The molecule has 1 aromatic rings. The van der Waals surface area contributed by atoms with Gasteiger partial charge in [0, 0.05) is 29.9 Å². The third-order valence-electron chi connectivity index (χ3n) is 3.13. The number of hydrogen-bond donors (Lipinski definition) is 1. The van der Waals surface area contributed by atoms with Crippen LogP contribution in [-0.2, 0) is 0 Å². The van der Waals surface area contributed by atoms with Crippen LogP contribution in [0.3, 0.4) is 0 Å². The highest BCUT2D eigenvalue weighted by Crippen LogP contribution is 2.33. The molecular formula is C12H16Br2N2O. The van der Waals surface area contributed by atoms with Gasteiger partial charge in [-0.25, -0.2) is 4.98 Å². The predicted molar refractivity (Wildman–Crippen MR) is 76.3 cm³/mol. The molecular weight excluding hydrogens is 348 g/mol. The van der Waals surface area contributed by atoms with E-state index in [4.69, 9.17) is 5.11 Å². The number of nitrogens with zero attached hydrogens (tertiary/aromatic N) is 2. The number of aliphatic hydroxyl groups is 1. The van der Waals surface area contributed by atoms with Crippen LogP contribution in [0.5, 0.6) is 0 Å². The normalized spacial score (nSPS) is 15.7. The Kier molecular flexibility index (Phi) is 4.82. The molecule has 1 aliphatic carbocycles. The van der Waals surface area contributed by atoms with Gasteiger partial charge in [-0.05, 0) is 63.6 Å². The van der Waals surface area contributed by atoms with E-state index in [0.29, 0.717) is 6.04 Å². The molecule has 1 N–H and O–H groups in total. The molecule has 2 rings (SSSR count). The van der Waals surface area contributed by atoms with Gasteiger partial charge in [-0.2, -0.15) is 0 Å². The molecule has 0 spiro atoms. The summed E-state index contributed by atoms with van der Waals surface area (Å²) in [6.07, 6.45) is 6.38. The Labute approximate surface area is 118 Å². The molecule has 3 nitrogen and oxygen atoms in total. The predicted octanol–water partition coefficient (Wildman–Crippen LogP) is 3.35. The summed E-state index contributed by atoms with van der Waals surface area (Å²) in [5.41, 5.74) is 0. The molecule has 1 saturated carbocycles. The van der Waals surface area contributed by atoms with Gasteiger partial charge in [0.05, 0.1) is 4.47 Å². The molecule has 0 radical (unpaired) electrons. The van der Waals surface area contributed by atoms with Crippen molar-refractivity contribution in [2.24, 2.45) is 0 Å². The second-order valence-electron chi connectivity index (χ2n) is 4.31. The van der Waals surface area contributed by atoms with Crippen molar-refractivity contribution in [3.05, 3.63) is 21.2 Å². The van der Waals surface area contributed by atoms with E-state index < -0.39 is 0 Å². The van der Waals surface area contributed by atoms with Crippen molar-refractivity contribution < 1.29 is 5.11 Å². The fourth-order valence-electron chi connectivity index (χ4n) is 2.02. The number of hydrogen-bond acceptors (Lipinski definition) is 3. The van der Waals surface area contributed by atoms with E-state index in [9.17, 15) is 0 Å². The summed E-state index contributed by atoms with van der Waals surface area (Å²) < 4.78 is 1.99. The highest BCUT2D eigenvalue weighted by atomic mass is 79.9. The zero-order chi connectivity index (χ0) is 12.3. The summed E-state index contributed by atoms with van der Waals surface area (Å²) in [7, 11) is 0. The first-order valence-electron chi connectivity index (χ1n) is 5.91. The molecule has 17 heavy (non-hydrogen) atoms. The maximum atomic E-state index is 8.98. The zero-order valence-corrected chi connectivity index (χ0v) is 12.7. The minimum absolute atomic E-state index is 0.233. The van der Waals surface area contributed by atoms with Gasteiger partial charge in [0.2, 0.25) is 0 Å². The molecule has 1 aromatic heterocycles. The van der Waals surface area contributed by atoms with Gasteiger partial charge in [-0.1, -0.05) is 0 Å². The van der Waals surface area contributed by atoms with Gasteiger partial charge < -0.3 is 10.0 Å². The summed E-state index contributed by atoms with van der Waals surface area (Å²) in [6.45, 7) is 1.10. The molecule has 0 amide bonds. The fraction of sp³-hybridized carbons (Fsp3) is 0.583. The zero-order valence-electron chi connectivity index (χ0n) is 9.57. The van der Waals surface area contributed by atoms with Crippen molar-refractivity contribution in [1.82, 2.24) is 4.98 Å². The third kappa shape index (κ3) is 3.20. The van der Waals surface area contributed by atoms with E-state index in [1.807, 2.05) is 12.3 Å². The van der Waals surface area contributed by atoms with E-state index in [0.717, 1.165) is 27.7 Å². The van der Waals surface area contributed by atoms with Crippen LogP contribution in [-0.4, -0.2) is 29.3 Å². The van der Waals surface area contributed by atoms with E-state index in [1.165, 1.54) is 19.3 Å². The Hall–Kier alpha value is -0.130. The lowest BCUT2D eigenvalue weighted by molar-refractivity contribution is 0.282. The van der Waals surface area contributed by atoms with E-state index >= 15 is 0 Å². The molecule has 0 saturated heterocycles. The van der Waals surface area contributed by atoms with Crippen LogP contribution in [0, 0.1) is 0 Å². The average Bonchev–Trinajstić information content (AvgIpc) is 2.22. The van der Waals surface area contributed by atoms with Gasteiger partial charge >= 0.3 is 0 Å². The molecule has 94 valence electrons. The Morgan fingerprint density at radius 1 is 1.41 bits per heavy atom. The standard InChI is InChI=1S/C12H16Br2N2O/c13-9-7-11(14)12(15-8-9)16(5-2-6-17)10-3-1-4-10/h7-8,10,17H,1-6H2. The SMILES string of the molecule is OCCCN(c1ncc(Br)cc1Br)C1CCC1. The van der Waals surface area contributed by atoms with Gasteiger partial charge in [0.15, 0.2) is 0 Å². The minimum Gasteiger partial charge on any atom is -0.396 e. The van der Waals surface area contributed by atoms with Crippen LogP contribution in [0.15, 0.2) is 21.2 Å². The molecule has 1 aliphatic rings. The highest BCUT2D eigenvalue weighted by molar-refractivity contribution is 9.11.